The summed E-state index contributed by atoms with van der Waals surface area (Å²) in [6, 6.07) is 2.31. The first-order chi connectivity index (χ1) is 6.56. The second kappa shape index (κ2) is 6.38. The zero-order valence-electron chi connectivity index (χ0n) is 7.71. The minimum absolute atomic E-state index is 0. The molecule has 6 heteroatoms. The highest BCUT2D eigenvalue weighted by Gasteiger charge is 2.14. The molecule has 0 radical (unpaired) electrons. The minimum atomic E-state index is -0.587. The van der Waals surface area contributed by atoms with Crippen LogP contribution in [-0.4, -0.2) is 11.8 Å². The van der Waals surface area contributed by atoms with Crippen molar-refractivity contribution in [3.63, 3.8) is 0 Å². The number of hydrogen-bond acceptors (Lipinski definition) is 2. The molecule has 1 rings (SSSR count). The second-order valence-electron chi connectivity index (χ2n) is 2.91. The van der Waals surface area contributed by atoms with Crippen LogP contribution in [0.4, 0.5) is 4.39 Å². The molecule has 0 amide bonds. The molecule has 2 nitrogen and oxygen atoms in total. The van der Waals surface area contributed by atoms with Crippen LogP contribution >= 0.6 is 35.6 Å². The van der Waals surface area contributed by atoms with Crippen molar-refractivity contribution in [3.8, 4) is 5.75 Å². The van der Waals surface area contributed by atoms with Crippen LogP contribution in [0.15, 0.2) is 12.1 Å². The summed E-state index contributed by atoms with van der Waals surface area (Å²) in [5, 5.41) is 10.0. The molecule has 0 saturated heterocycles. The Morgan fingerprint density at radius 3 is 2.53 bits per heavy atom. The quantitative estimate of drug-likeness (QED) is 0.886. The van der Waals surface area contributed by atoms with E-state index in [1.54, 1.807) is 0 Å². The van der Waals surface area contributed by atoms with Gasteiger partial charge in [-0.05, 0) is 18.6 Å². The van der Waals surface area contributed by atoms with Gasteiger partial charge in [-0.1, -0.05) is 23.2 Å². The summed E-state index contributed by atoms with van der Waals surface area (Å²) in [4.78, 5) is 0. The van der Waals surface area contributed by atoms with Crippen LogP contribution in [0.1, 0.15) is 18.0 Å². The van der Waals surface area contributed by atoms with Crippen molar-refractivity contribution >= 4 is 35.6 Å². The zero-order chi connectivity index (χ0) is 10.7. The van der Waals surface area contributed by atoms with Crippen molar-refractivity contribution in [1.29, 1.82) is 0 Å². The van der Waals surface area contributed by atoms with Gasteiger partial charge in [-0.15, -0.1) is 12.4 Å². The van der Waals surface area contributed by atoms with Gasteiger partial charge in [0.05, 0.1) is 11.7 Å². The van der Waals surface area contributed by atoms with Gasteiger partial charge >= 0.3 is 0 Å². The van der Waals surface area contributed by atoms with E-state index in [-0.39, 0.29) is 29.6 Å². The molecule has 0 aliphatic rings. The average Bonchev–Trinajstić information content (AvgIpc) is 2.11. The lowest BCUT2D eigenvalue weighted by Crippen LogP contribution is -2.11. The molecule has 0 spiro atoms. The average molecular weight is 275 g/mol. The number of aromatic hydroxyl groups is 1. The van der Waals surface area contributed by atoms with Crippen molar-refractivity contribution in [2.45, 2.75) is 12.5 Å². The Labute approximate surface area is 104 Å². The Morgan fingerprint density at radius 2 is 2.00 bits per heavy atom. The summed E-state index contributed by atoms with van der Waals surface area (Å²) < 4.78 is 12.0. The molecule has 1 aromatic carbocycles. The van der Waals surface area contributed by atoms with Crippen molar-refractivity contribution in [2.75, 3.05) is 6.67 Å². The number of halogens is 4. The van der Waals surface area contributed by atoms with E-state index in [2.05, 4.69) is 0 Å². The maximum absolute atomic E-state index is 12.0. The van der Waals surface area contributed by atoms with Gasteiger partial charge in [0.1, 0.15) is 5.75 Å². The number of alkyl halides is 1. The van der Waals surface area contributed by atoms with Gasteiger partial charge in [-0.3, -0.25) is 4.39 Å². The molecule has 86 valence electrons. The third kappa shape index (κ3) is 3.68. The number of hydrogen-bond donors (Lipinski definition) is 2. The molecule has 0 saturated carbocycles. The highest BCUT2D eigenvalue weighted by molar-refractivity contribution is 6.35. The van der Waals surface area contributed by atoms with E-state index >= 15 is 0 Å². The van der Waals surface area contributed by atoms with Crippen molar-refractivity contribution < 1.29 is 9.50 Å². The molecule has 1 atom stereocenters. The molecule has 0 aliphatic heterocycles. The van der Waals surface area contributed by atoms with Crippen LogP contribution in [0.25, 0.3) is 0 Å². The molecular weight excluding hydrogens is 263 g/mol. The standard InChI is InChI=1S/C9H10Cl2FNO.ClH/c10-5-3-6(8(13)1-2-12)9(14)7(11)4-5;/h3-4,8,14H,1-2,13H2;1H/t8-;/m0./s1. The fourth-order valence-electron chi connectivity index (χ4n) is 1.14. The fraction of sp³-hybridized carbons (Fsp3) is 0.333. The van der Waals surface area contributed by atoms with Gasteiger partial charge in [0.2, 0.25) is 0 Å². The van der Waals surface area contributed by atoms with Crippen LogP contribution in [0, 0.1) is 0 Å². The minimum Gasteiger partial charge on any atom is -0.506 e. The Bertz CT molecular complexity index is 335. The molecule has 0 unspecified atom stereocenters. The van der Waals surface area contributed by atoms with Crippen LogP contribution in [-0.2, 0) is 0 Å². The molecule has 15 heavy (non-hydrogen) atoms. The fourth-order valence-corrected chi connectivity index (χ4v) is 1.65. The summed E-state index contributed by atoms with van der Waals surface area (Å²) in [6.07, 6.45) is 0.129. The van der Waals surface area contributed by atoms with Crippen molar-refractivity contribution in [3.05, 3.63) is 27.7 Å². The smallest absolute Gasteiger partial charge is 0.139 e. The van der Waals surface area contributed by atoms with E-state index in [0.717, 1.165) is 0 Å². The number of benzene rings is 1. The van der Waals surface area contributed by atoms with Gasteiger partial charge in [0, 0.05) is 16.6 Å². The van der Waals surface area contributed by atoms with E-state index in [0.29, 0.717) is 10.6 Å². The molecule has 3 N–H and O–H groups in total. The number of phenolic OH excluding ortho intramolecular Hbond substituents is 1. The highest BCUT2D eigenvalue weighted by Crippen LogP contribution is 2.34. The number of rotatable bonds is 3. The van der Waals surface area contributed by atoms with E-state index in [9.17, 15) is 9.50 Å². The normalized spacial score (nSPS) is 12.0. The summed E-state index contributed by atoms with van der Waals surface area (Å²) in [5.74, 6) is -0.128. The lowest BCUT2D eigenvalue weighted by molar-refractivity contribution is 0.424. The number of nitrogens with two attached hydrogens (primary N) is 1. The maximum atomic E-state index is 12.0. The summed E-state index contributed by atoms with van der Waals surface area (Å²) in [6.45, 7) is -0.551. The molecule has 1 aromatic rings. The van der Waals surface area contributed by atoms with E-state index in [4.69, 9.17) is 28.9 Å². The Hall–Kier alpha value is -0.220. The second-order valence-corrected chi connectivity index (χ2v) is 3.75. The van der Waals surface area contributed by atoms with Gasteiger partial charge < -0.3 is 10.8 Å². The predicted molar refractivity (Wildman–Crippen MR) is 62.9 cm³/mol. The van der Waals surface area contributed by atoms with Gasteiger partial charge in [-0.2, -0.15) is 0 Å². The summed E-state index contributed by atoms with van der Waals surface area (Å²) in [7, 11) is 0. The zero-order valence-corrected chi connectivity index (χ0v) is 10.0. The lowest BCUT2D eigenvalue weighted by Gasteiger charge is -2.13. The molecule has 0 aliphatic carbocycles. The molecule has 0 bridgehead atoms. The van der Waals surface area contributed by atoms with Crippen LogP contribution in [0.3, 0.4) is 0 Å². The summed E-state index contributed by atoms with van der Waals surface area (Å²) in [5.41, 5.74) is 6.00. The first-order valence-electron chi connectivity index (χ1n) is 4.05. The molecule has 0 aromatic heterocycles. The topological polar surface area (TPSA) is 46.2 Å². The van der Waals surface area contributed by atoms with Crippen molar-refractivity contribution in [2.24, 2.45) is 5.73 Å². The van der Waals surface area contributed by atoms with E-state index < -0.39 is 12.7 Å². The predicted octanol–water partition coefficient (Wildman–Crippen LogP) is 3.48. The molecular formula is C9H11Cl3FNO. The Morgan fingerprint density at radius 1 is 1.40 bits per heavy atom. The lowest BCUT2D eigenvalue weighted by atomic mass is 10.0. The van der Waals surface area contributed by atoms with E-state index in [1.807, 2.05) is 0 Å². The largest absolute Gasteiger partial charge is 0.506 e. The van der Waals surface area contributed by atoms with Gasteiger partial charge in [-0.25, -0.2) is 0 Å². The van der Waals surface area contributed by atoms with E-state index in [1.165, 1.54) is 12.1 Å². The SMILES string of the molecule is Cl.N[C@@H](CCF)c1cc(Cl)cc(Cl)c1O. The molecule has 0 heterocycles. The highest BCUT2D eigenvalue weighted by atomic mass is 35.5. The third-order valence-corrected chi connectivity index (χ3v) is 2.38. The van der Waals surface area contributed by atoms with Gasteiger partial charge in [0.15, 0.2) is 0 Å². The Kier molecular flexibility index (Phi) is 6.29. The van der Waals surface area contributed by atoms with Crippen LogP contribution in [0.5, 0.6) is 5.75 Å². The number of phenols is 1. The third-order valence-electron chi connectivity index (χ3n) is 1.88. The van der Waals surface area contributed by atoms with Crippen molar-refractivity contribution in [1.82, 2.24) is 0 Å². The van der Waals surface area contributed by atoms with Crippen LogP contribution in [0.2, 0.25) is 10.0 Å². The first kappa shape index (κ1) is 14.8. The maximum Gasteiger partial charge on any atom is 0.139 e. The molecule has 0 fully saturated rings. The Balaban J connectivity index is 0.00000196. The monoisotopic (exact) mass is 273 g/mol. The van der Waals surface area contributed by atoms with Crippen LogP contribution < -0.4 is 5.73 Å². The summed E-state index contributed by atoms with van der Waals surface area (Å²) >= 11 is 11.4. The van der Waals surface area contributed by atoms with Gasteiger partial charge in [0.25, 0.3) is 0 Å². The first-order valence-corrected chi connectivity index (χ1v) is 4.81.